The predicted octanol–water partition coefficient (Wildman–Crippen LogP) is 2.68. The number of carboxylic acid groups (broad SMARTS) is 1. The fraction of sp³-hybridized carbons (Fsp3) is 0.364. The Balaban J connectivity index is 3.26. The molecular weight excluding hydrogens is 292 g/mol. The molecule has 0 radical (unpaired) electrons. The van der Waals surface area contributed by atoms with Crippen molar-refractivity contribution >= 4 is 5.97 Å². The lowest BCUT2D eigenvalue weighted by molar-refractivity contribution is -0.162. The van der Waals surface area contributed by atoms with Crippen LogP contribution in [0.25, 0.3) is 0 Å². The number of alkyl halides is 6. The van der Waals surface area contributed by atoms with E-state index < -0.39 is 41.9 Å². The summed E-state index contributed by atoms with van der Waals surface area (Å²) < 4.78 is 75.3. The maximum absolute atomic E-state index is 12.6. The third kappa shape index (κ3) is 3.86. The maximum atomic E-state index is 12.6. The van der Waals surface area contributed by atoms with Crippen LogP contribution in [-0.2, 0) is 23.6 Å². The minimum atomic E-state index is -5.20. The lowest BCUT2D eigenvalue weighted by Gasteiger charge is -2.17. The Morgan fingerprint density at radius 1 is 1.10 bits per heavy atom. The highest BCUT2D eigenvalue weighted by atomic mass is 19.4. The van der Waals surface area contributed by atoms with Crippen molar-refractivity contribution in [2.24, 2.45) is 5.73 Å². The molecule has 0 aliphatic heterocycles. The molecule has 0 fully saturated rings. The van der Waals surface area contributed by atoms with E-state index in [-0.39, 0.29) is 17.7 Å². The number of aliphatic carboxylic acids is 1. The maximum Gasteiger partial charge on any atom is 0.417 e. The summed E-state index contributed by atoms with van der Waals surface area (Å²) in [4.78, 5) is 10.5. The second-order valence-corrected chi connectivity index (χ2v) is 4.02. The topological polar surface area (TPSA) is 63.3 Å². The summed E-state index contributed by atoms with van der Waals surface area (Å²) in [6.07, 6.45) is -10.9. The Morgan fingerprint density at radius 2 is 1.60 bits per heavy atom. The van der Waals surface area contributed by atoms with Gasteiger partial charge in [0.25, 0.3) is 0 Å². The summed E-state index contributed by atoms with van der Waals surface area (Å²) in [5, 5.41) is 8.53. The van der Waals surface area contributed by atoms with Gasteiger partial charge in [-0.25, -0.2) is 0 Å². The van der Waals surface area contributed by atoms with Crippen LogP contribution >= 0.6 is 0 Å². The Bertz CT molecular complexity index is 509. The molecule has 0 aliphatic rings. The third-order valence-electron chi connectivity index (χ3n) is 2.47. The second kappa shape index (κ2) is 5.31. The highest BCUT2D eigenvalue weighted by Gasteiger charge is 2.43. The Hall–Kier alpha value is -1.77. The van der Waals surface area contributed by atoms with Gasteiger partial charge in [-0.15, -0.1) is 0 Å². The highest BCUT2D eigenvalue weighted by Crippen LogP contribution is 2.40. The van der Waals surface area contributed by atoms with Gasteiger partial charge in [-0.3, -0.25) is 4.79 Å². The summed E-state index contributed by atoms with van der Waals surface area (Å²) in [7, 11) is 0. The predicted molar refractivity (Wildman–Crippen MR) is 55.8 cm³/mol. The summed E-state index contributed by atoms with van der Waals surface area (Å²) in [5.74, 6) is -1.46. The molecule has 0 saturated heterocycles. The van der Waals surface area contributed by atoms with Gasteiger partial charge in [-0.05, 0) is 24.1 Å². The van der Waals surface area contributed by atoms with Crippen LogP contribution in [0.5, 0.6) is 0 Å². The van der Waals surface area contributed by atoms with Crippen LogP contribution in [-0.4, -0.2) is 17.1 Å². The van der Waals surface area contributed by atoms with Crippen molar-refractivity contribution in [1.82, 2.24) is 0 Å². The summed E-state index contributed by atoms with van der Waals surface area (Å²) in [6, 6.07) is -0.174. The molecule has 0 saturated carbocycles. The van der Waals surface area contributed by atoms with E-state index in [2.05, 4.69) is 0 Å². The van der Waals surface area contributed by atoms with Gasteiger partial charge >= 0.3 is 18.3 Å². The molecule has 1 atom stereocenters. The summed E-state index contributed by atoms with van der Waals surface area (Å²) in [6.45, 7) is 0. The number of benzene rings is 1. The highest BCUT2D eigenvalue weighted by molar-refractivity contribution is 5.73. The Labute approximate surface area is 109 Å². The van der Waals surface area contributed by atoms with Crippen LogP contribution in [0.1, 0.15) is 16.7 Å². The summed E-state index contributed by atoms with van der Waals surface area (Å²) in [5.41, 5.74) is 1.21. The molecule has 1 rings (SSSR count). The second-order valence-electron chi connectivity index (χ2n) is 4.02. The van der Waals surface area contributed by atoms with Gasteiger partial charge < -0.3 is 10.8 Å². The number of halogens is 6. The number of nitrogens with two attached hydrogens (primary N) is 1. The van der Waals surface area contributed by atoms with Crippen LogP contribution in [0.3, 0.4) is 0 Å². The van der Waals surface area contributed by atoms with Gasteiger partial charge in [-0.2, -0.15) is 26.3 Å². The monoisotopic (exact) mass is 301 g/mol. The fourth-order valence-corrected chi connectivity index (χ4v) is 1.54. The van der Waals surface area contributed by atoms with Crippen LogP contribution < -0.4 is 5.73 Å². The van der Waals surface area contributed by atoms with E-state index in [9.17, 15) is 31.1 Å². The Kier molecular flexibility index (Phi) is 4.33. The van der Waals surface area contributed by atoms with E-state index in [4.69, 9.17) is 10.8 Å². The first-order valence-electron chi connectivity index (χ1n) is 5.18. The molecule has 0 heterocycles. The van der Waals surface area contributed by atoms with E-state index >= 15 is 0 Å². The van der Waals surface area contributed by atoms with Crippen LogP contribution in [0.4, 0.5) is 26.3 Å². The molecule has 1 aromatic carbocycles. The zero-order chi connectivity index (χ0) is 15.7. The molecule has 0 aromatic heterocycles. The molecule has 0 spiro atoms. The van der Waals surface area contributed by atoms with Crippen LogP contribution in [0, 0.1) is 0 Å². The first-order chi connectivity index (χ1) is 8.93. The van der Waals surface area contributed by atoms with E-state index in [0.29, 0.717) is 0 Å². The van der Waals surface area contributed by atoms with Gasteiger partial charge in [0.05, 0.1) is 11.1 Å². The van der Waals surface area contributed by atoms with Crippen molar-refractivity contribution in [1.29, 1.82) is 0 Å². The van der Waals surface area contributed by atoms with E-state index in [1.54, 1.807) is 0 Å². The molecule has 112 valence electrons. The zero-order valence-electron chi connectivity index (χ0n) is 9.72. The van der Waals surface area contributed by atoms with Gasteiger partial charge in [0, 0.05) is 0 Å². The number of rotatable bonds is 3. The molecule has 0 aliphatic carbocycles. The van der Waals surface area contributed by atoms with Crippen molar-refractivity contribution in [3.63, 3.8) is 0 Å². The lowest BCUT2D eigenvalue weighted by atomic mass is 9.99. The molecule has 3 nitrogen and oxygen atoms in total. The quantitative estimate of drug-likeness (QED) is 0.844. The van der Waals surface area contributed by atoms with Crippen LogP contribution in [0.15, 0.2) is 18.2 Å². The number of carboxylic acids is 1. The molecule has 0 bridgehead atoms. The molecule has 0 unspecified atom stereocenters. The van der Waals surface area contributed by atoms with E-state index in [1.807, 2.05) is 0 Å². The van der Waals surface area contributed by atoms with Crippen molar-refractivity contribution < 1.29 is 36.2 Å². The van der Waals surface area contributed by atoms with Crippen molar-refractivity contribution in [3.05, 3.63) is 34.9 Å². The van der Waals surface area contributed by atoms with Crippen molar-refractivity contribution in [2.75, 3.05) is 0 Å². The molecule has 1 aromatic rings. The smallest absolute Gasteiger partial charge is 0.417 e. The van der Waals surface area contributed by atoms with Crippen molar-refractivity contribution in [2.45, 2.75) is 24.8 Å². The SMILES string of the molecule is N[C@@H](Cc1ccc(C(F)(F)F)c(C(F)(F)F)c1)C(=O)O. The first-order valence-corrected chi connectivity index (χ1v) is 5.18. The molecule has 9 heteroatoms. The van der Waals surface area contributed by atoms with E-state index in [0.717, 1.165) is 6.07 Å². The zero-order valence-corrected chi connectivity index (χ0v) is 9.72. The van der Waals surface area contributed by atoms with Gasteiger partial charge in [0.1, 0.15) is 6.04 Å². The third-order valence-corrected chi connectivity index (χ3v) is 2.47. The van der Waals surface area contributed by atoms with Crippen molar-refractivity contribution in [3.8, 4) is 0 Å². The average molecular weight is 301 g/mol. The number of hydrogen-bond donors (Lipinski definition) is 2. The minimum Gasteiger partial charge on any atom is -0.480 e. The average Bonchev–Trinajstić information content (AvgIpc) is 2.26. The standard InChI is InChI=1S/C11H9F6NO2/c12-10(13,14)6-2-1-5(4-8(18)9(19)20)3-7(6)11(15,16)17/h1-3,8H,4,18H2,(H,19,20)/t8-/m0/s1. The molecule has 3 N–H and O–H groups in total. The first kappa shape index (κ1) is 16.3. The Morgan fingerprint density at radius 3 is 2.00 bits per heavy atom. The molecule has 0 amide bonds. The minimum absolute atomic E-state index is 0.236. The number of hydrogen-bond acceptors (Lipinski definition) is 2. The molecular formula is C11H9F6NO2. The molecule has 20 heavy (non-hydrogen) atoms. The summed E-state index contributed by atoms with van der Waals surface area (Å²) >= 11 is 0. The van der Waals surface area contributed by atoms with E-state index in [1.165, 1.54) is 0 Å². The van der Waals surface area contributed by atoms with Gasteiger partial charge in [0.15, 0.2) is 0 Å². The fourth-order valence-electron chi connectivity index (χ4n) is 1.54. The largest absolute Gasteiger partial charge is 0.480 e. The number of carbonyl (C=O) groups is 1. The van der Waals surface area contributed by atoms with Gasteiger partial charge in [0.2, 0.25) is 0 Å². The lowest BCUT2D eigenvalue weighted by Crippen LogP contribution is -2.32. The normalized spacial score (nSPS) is 14.2. The van der Waals surface area contributed by atoms with Gasteiger partial charge in [-0.1, -0.05) is 6.07 Å². The van der Waals surface area contributed by atoms with Crippen LogP contribution in [0.2, 0.25) is 0 Å².